The van der Waals surface area contributed by atoms with Crippen LogP contribution in [0.3, 0.4) is 0 Å². The van der Waals surface area contributed by atoms with Gasteiger partial charge >= 0.3 is 5.97 Å². The topological polar surface area (TPSA) is 79.2 Å². The summed E-state index contributed by atoms with van der Waals surface area (Å²) in [6.45, 7) is 0. The molecule has 0 heterocycles. The zero-order valence-electron chi connectivity index (χ0n) is 17.0. The minimum atomic E-state index is -0.859. The number of carbonyl (C=O) groups excluding carboxylic acids is 2. The van der Waals surface area contributed by atoms with Crippen molar-refractivity contribution in [2.75, 3.05) is 7.11 Å². The molecule has 5 heteroatoms. The number of rotatable bonds is 5. The fourth-order valence-corrected chi connectivity index (χ4v) is 3.81. The highest BCUT2D eigenvalue weighted by Gasteiger charge is 2.24. The fraction of sp³-hybridized carbons (Fsp3) is 0.115. The van der Waals surface area contributed by atoms with Crippen molar-refractivity contribution >= 4 is 33.4 Å². The molecule has 0 fully saturated rings. The molecule has 4 rings (SSSR count). The van der Waals surface area contributed by atoms with E-state index >= 15 is 0 Å². The van der Waals surface area contributed by atoms with Crippen LogP contribution in [0.25, 0.3) is 21.5 Å². The molecule has 0 aliphatic carbocycles. The summed E-state index contributed by atoms with van der Waals surface area (Å²) in [6, 6.07) is 25.5. The molecule has 0 radical (unpaired) electrons. The minimum Gasteiger partial charge on any atom is -0.467 e. The number of benzene rings is 4. The maximum absolute atomic E-state index is 12.8. The SMILES string of the molecule is COC(=O)[C@@H](Cc1c2ccccc2cc2ccccc12)NC(=O)c1ccc(C#N)cc1. The van der Waals surface area contributed by atoms with E-state index in [4.69, 9.17) is 10.00 Å². The van der Waals surface area contributed by atoms with Crippen LogP contribution in [-0.4, -0.2) is 25.0 Å². The second-order valence-electron chi connectivity index (χ2n) is 7.24. The summed E-state index contributed by atoms with van der Waals surface area (Å²) in [5, 5.41) is 15.9. The van der Waals surface area contributed by atoms with Crippen molar-refractivity contribution in [3.05, 3.63) is 95.6 Å². The summed E-state index contributed by atoms with van der Waals surface area (Å²) < 4.78 is 4.99. The van der Waals surface area contributed by atoms with Crippen molar-refractivity contribution in [2.24, 2.45) is 0 Å². The van der Waals surface area contributed by atoms with Gasteiger partial charge in [0.05, 0.1) is 18.7 Å². The van der Waals surface area contributed by atoms with Crippen molar-refractivity contribution < 1.29 is 14.3 Å². The number of nitriles is 1. The first-order valence-electron chi connectivity index (χ1n) is 9.89. The molecule has 4 aromatic carbocycles. The Morgan fingerprint density at radius 2 is 1.52 bits per heavy atom. The minimum absolute atomic E-state index is 0.288. The molecule has 0 saturated carbocycles. The van der Waals surface area contributed by atoms with Crippen molar-refractivity contribution in [2.45, 2.75) is 12.5 Å². The predicted octanol–water partition coefficient (Wildman–Crippen LogP) is 4.38. The molecule has 0 unspecified atom stereocenters. The van der Waals surface area contributed by atoms with Gasteiger partial charge in [-0.25, -0.2) is 4.79 Å². The standard InChI is InChI=1S/C26H20N2O3/c1-31-26(30)24(28-25(29)18-12-10-17(16-27)11-13-18)15-23-21-8-4-2-6-19(21)14-20-7-3-5-9-22(20)23/h2-14,24H,15H2,1H3,(H,28,29)/t24-/m1/s1. The van der Waals surface area contributed by atoms with Gasteiger partial charge in [-0.2, -0.15) is 5.26 Å². The number of nitrogens with one attached hydrogen (secondary N) is 1. The zero-order valence-corrected chi connectivity index (χ0v) is 17.0. The van der Waals surface area contributed by atoms with Crippen molar-refractivity contribution in [3.63, 3.8) is 0 Å². The van der Waals surface area contributed by atoms with Crippen molar-refractivity contribution in [1.29, 1.82) is 5.26 Å². The Labute approximate surface area is 179 Å². The first-order valence-corrected chi connectivity index (χ1v) is 9.89. The third-order valence-corrected chi connectivity index (χ3v) is 5.36. The van der Waals surface area contributed by atoms with Gasteiger partial charge in [0.1, 0.15) is 6.04 Å². The summed E-state index contributed by atoms with van der Waals surface area (Å²) in [4.78, 5) is 25.4. The van der Waals surface area contributed by atoms with Gasteiger partial charge in [0, 0.05) is 12.0 Å². The number of hydrogen-bond donors (Lipinski definition) is 1. The van der Waals surface area contributed by atoms with Crippen LogP contribution in [0.2, 0.25) is 0 Å². The lowest BCUT2D eigenvalue weighted by Gasteiger charge is -2.19. The molecule has 0 aliphatic rings. The van der Waals surface area contributed by atoms with E-state index in [9.17, 15) is 9.59 Å². The largest absolute Gasteiger partial charge is 0.467 e. The Morgan fingerprint density at radius 3 is 2.06 bits per heavy atom. The first-order chi connectivity index (χ1) is 15.1. The molecule has 0 saturated heterocycles. The highest BCUT2D eigenvalue weighted by Crippen LogP contribution is 2.29. The predicted molar refractivity (Wildman–Crippen MR) is 120 cm³/mol. The molecule has 1 amide bonds. The number of carbonyl (C=O) groups is 2. The molecule has 5 nitrogen and oxygen atoms in total. The second-order valence-corrected chi connectivity index (χ2v) is 7.24. The van der Waals surface area contributed by atoms with Gasteiger partial charge in [0.15, 0.2) is 0 Å². The van der Waals surface area contributed by atoms with Crippen LogP contribution in [0.15, 0.2) is 78.9 Å². The molecule has 0 bridgehead atoms. The van der Waals surface area contributed by atoms with Crippen molar-refractivity contribution in [3.8, 4) is 6.07 Å². The van der Waals surface area contributed by atoms with E-state index < -0.39 is 17.9 Å². The molecular weight excluding hydrogens is 388 g/mol. The monoisotopic (exact) mass is 408 g/mol. The van der Waals surface area contributed by atoms with Gasteiger partial charge in [-0.1, -0.05) is 48.5 Å². The quantitative estimate of drug-likeness (QED) is 0.393. The van der Waals surface area contributed by atoms with Crippen LogP contribution in [0.4, 0.5) is 0 Å². The molecule has 0 aromatic heterocycles. The van der Waals surface area contributed by atoms with E-state index in [2.05, 4.69) is 11.4 Å². The molecular formula is C26H20N2O3. The zero-order chi connectivity index (χ0) is 21.8. The number of amides is 1. The maximum Gasteiger partial charge on any atom is 0.328 e. The van der Waals surface area contributed by atoms with Gasteiger partial charge in [0.2, 0.25) is 0 Å². The Kier molecular flexibility index (Phi) is 5.63. The average molecular weight is 408 g/mol. The second kappa shape index (κ2) is 8.68. The van der Waals surface area contributed by atoms with Gasteiger partial charge in [0.25, 0.3) is 5.91 Å². The van der Waals surface area contributed by atoms with Gasteiger partial charge in [-0.15, -0.1) is 0 Å². The smallest absolute Gasteiger partial charge is 0.328 e. The maximum atomic E-state index is 12.8. The Morgan fingerprint density at radius 1 is 0.935 bits per heavy atom. The highest BCUT2D eigenvalue weighted by atomic mass is 16.5. The summed E-state index contributed by atoms with van der Waals surface area (Å²) in [5.41, 5.74) is 1.81. The van der Waals surface area contributed by atoms with E-state index in [1.165, 1.54) is 7.11 Å². The third-order valence-electron chi connectivity index (χ3n) is 5.36. The number of fused-ring (bicyclic) bond motifs is 2. The van der Waals surface area contributed by atoms with E-state index in [1.54, 1.807) is 24.3 Å². The van der Waals surface area contributed by atoms with Gasteiger partial charge in [-0.05, 0) is 57.4 Å². The normalized spacial score (nSPS) is 11.6. The lowest BCUT2D eigenvalue weighted by molar-refractivity contribution is -0.142. The summed E-state index contributed by atoms with van der Waals surface area (Å²) in [5.74, 6) is -0.913. The van der Waals surface area contributed by atoms with E-state index in [-0.39, 0.29) is 6.42 Å². The Balaban J connectivity index is 1.72. The third kappa shape index (κ3) is 4.10. The first kappa shape index (κ1) is 20.1. The fourth-order valence-electron chi connectivity index (χ4n) is 3.81. The van der Waals surface area contributed by atoms with Crippen LogP contribution in [-0.2, 0) is 16.0 Å². The van der Waals surface area contributed by atoms with Crippen LogP contribution in [0.1, 0.15) is 21.5 Å². The average Bonchev–Trinajstić information content (AvgIpc) is 2.82. The highest BCUT2D eigenvalue weighted by molar-refractivity contribution is 6.03. The van der Waals surface area contributed by atoms with Gasteiger partial charge in [-0.3, -0.25) is 4.79 Å². The summed E-state index contributed by atoms with van der Waals surface area (Å²) in [6.07, 6.45) is 0.288. The molecule has 0 aliphatic heterocycles. The van der Waals surface area contributed by atoms with Gasteiger partial charge < -0.3 is 10.1 Å². The van der Waals surface area contributed by atoms with E-state index in [0.29, 0.717) is 11.1 Å². The number of esters is 1. The Bertz CT molecular complexity index is 1270. The molecule has 4 aromatic rings. The number of nitrogens with zero attached hydrogens (tertiary/aromatic N) is 1. The van der Waals surface area contributed by atoms with E-state index in [1.807, 2.05) is 54.6 Å². The molecule has 152 valence electrons. The number of ether oxygens (including phenoxy) is 1. The molecule has 31 heavy (non-hydrogen) atoms. The molecule has 0 spiro atoms. The van der Waals surface area contributed by atoms with Crippen molar-refractivity contribution in [1.82, 2.24) is 5.32 Å². The number of hydrogen-bond acceptors (Lipinski definition) is 4. The summed E-state index contributed by atoms with van der Waals surface area (Å²) >= 11 is 0. The number of methoxy groups -OCH3 is 1. The van der Waals surface area contributed by atoms with Crippen LogP contribution in [0, 0.1) is 11.3 Å². The summed E-state index contributed by atoms with van der Waals surface area (Å²) in [7, 11) is 1.31. The van der Waals surface area contributed by atoms with E-state index in [0.717, 1.165) is 27.1 Å². The lowest BCUT2D eigenvalue weighted by atomic mass is 9.92. The van der Waals surface area contributed by atoms with Crippen LogP contribution < -0.4 is 5.32 Å². The Hall–Kier alpha value is -4.17. The van der Waals surface area contributed by atoms with Crippen LogP contribution in [0.5, 0.6) is 0 Å². The lowest BCUT2D eigenvalue weighted by Crippen LogP contribution is -2.43. The molecule has 1 atom stereocenters. The molecule has 1 N–H and O–H groups in total. The van der Waals surface area contributed by atoms with Crippen LogP contribution >= 0.6 is 0 Å².